The van der Waals surface area contributed by atoms with Crippen molar-refractivity contribution in [3.8, 4) is 0 Å². The molecule has 0 spiro atoms. The molecule has 0 rings (SSSR count). The van der Waals surface area contributed by atoms with Crippen LogP contribution < -0.4 is 0 Å². The Morgan fingerprint density at radius 3 is 0.829 bits per heavy atom. The van der Waals surface area contributed by atoms with Gasteiger partial charge in [-0.25, -0.2) is 24.0 Å². The summed E-state index contributed by atoms with van der Waals surface area (Å²) < 4.78 is 0. The van der Waals surface area contributed by atoms with Gasteiger partial charge in [0.15, 0.2) is 0 Å². The standard InChI is InChI=1S/C17H20O8.C8H14O2/c18-13(19)5-1-9-17(10-2-6-14(20)21,11-3-7-15(22)23)12-4-8-16(24)25;1-8(2,3)6-4-5-7(9)10/h1-8H,9-12H2,(H,18,19)(H,20,21)(H,22,23)(H,24,25);4-5H,6H2,1-3H3,(H,9,10). The molecule has 35 heavy (non-hydrogen) atoms. The van der Waals surface area contributed by atoms with Crippen molar-refractivity contribution in [2.24, 2.45) is 10.8 Å². The monoisotopic (exact) mass is 494 g/mol. The topological polar surface area (TPSA) is 186 Å². The van der Waals surface area contributed by atoms with E-state index in [2.05, 4.69) is 20.8 Å². The molecule has 0 aliphatic rings. The summed E-state index contributed by atoms with van der Waals surface area (Å²) in [4.78, 5) is 52.5. The van der Waals surface area contributed by atoms with E-state index in [4.69, 9.17) is 25.5 Å². The molecule has 0 saturated carbocycles. The fourth-order valence-corrected chi connectivity index (χ4v) is 2.65. The first kappa shape index (κ1) is 33.2. The van der Waals surface area contributed by atoms with Gasteiger partial charge in [-0.05, 0) is 42.9 Å². The second-order valence-corrected chi connectivity index (χ2v) is 8.78. The van der Waals surface area contributed by atoms with Crippen molar-refractivity contribution in [1.82, 2.24) is 0 Å². The Morgan fingerprint density at radius 1 is 0.457 bits per heavy atom. The summed E-state index contributed by atoms with van der Waals surface area (Å²) in [5.41, 5.74) is -0.568. The third-order valence-electron chi connectivity index (χ3n) is 4.24. The number of carboxylic acids is 5. The summed E-state index contributed by atoms with van der Waals surface area (Å²) in [7, 11) is 0. The number of carbonyl (C=O) groups is 5. The summed E-state index contributed by atoms with van der Waals surface area (Å²) in [6.45, 7) is 6.21. The molecule has 0 aromatic carbocycles. The minimum absolute atomic E-state index is 0.186. The van der Waals surface area contributed by atoms with Crippen LogP contribution in [0.5, 0.6) is 0 Å². The van der Waals surface area contributed by atoms with Crippen molar-refractivity contribution in [3.05, 3.63) is 60.8 Å². The normalized spacial score (nSPS) is 13.8. The Morgan fingerprint density at radius 2 is 0.657 bits per heavy atom. The number of carboxylic acid groups (broad SMARTS) is 5. The molecule has 0 radical (unpaired) electrons. The highest BCUT2D eigenvalue weighted by molar-refractivity contribution is 5.81. The third kappa shape index (κ3) is 24.5. The predicted molar refractivity (Wildman–Crippen MR) is 129 cm³/mol. The Bertz CT molecular complexity index is 758. The summed E-state index contributed by atoms with van der Waals surface area (Å²) in [5, 5.41) is 43.0. The lowest BCUT2D eigenvalue weighted by atomic mass is 9.74. The second kappa shape index (κ2) is 17.5. The van der Waals surface area contributed by atoms with Crippen LogP contribution in [0.3, 0.4) is 0 Å². The van der Waals surface area contributed by atoms with Crippen LogP contribution in [0.1, 0.15) is 52.9 Å². The zero-order chi connectivity index (χ0) is 27.5. The molecule has 0 aliphatic heterocycles. The van der Waals surface area contributed by atoms with Crippen LogP contribution in [0, 0.1) is 10.8 Å². The van der Waals surface area contributed by atoms with Crippen molar-refractivity contribution in [1.29, 1.82) is 0 Å². The fraction of sp³-hybridized carbons (Fsp3) is 0.400. The smallest absolute Gasteiger partial charge is 0.327 e. The molecule has 0 bridgehead atoms. The molecular formula is C25H34O10. The minimum Gasteiger partial charge on any atom is -0.478 e. The van der Waals surface area contributed by atoms with Gasteiger partial charge in [0.1, 0.15) is 0 Å². The van der Waals surface area contributed by atoms with E-state index >= 15 is 0 Å². The van der Waals surface area contributed by atoms with Gasteiger partial charge in [0, 0.05) is 30.4 Å². The largest absolute Gasteiger partial charge is 0.478 e. The van der Waals surface area contributed by atoms with Gasteiger partial charge in [0.2, 0.25) is 0 Å². The number of aliphatic carboxylic acids is 5. The van der Waals surface area contributed by atoms with Gasteiger partial charge in [-0.15, -0.1) is 0 Å². The molecule has 0 unspecified atom stereocenters. The zero-order valence-corrected chi connectivity index (χ0v) is 20.1. The summed E-state index contributed by atoms with van der Waals surface area (Å²) >= 11 is 0. The Hall–Kier alpha value is -3.95. The second-order valence-electron chi connectivity index (χ2n) is 8.78. The molecule has 0 aromatic heterocycles. The first-order valence-corrected chi connectivity index (χ1v) is 10.6. The zero-order valence-electron chi connectivity index (χ0n) is 20.1. The molecule has 0 fully saturated rings. The van der Waals surface area contributed by atoms with Crippen LogP contribution in [0.15, 0.2) is 60.8 Å². The van der Waals surface area contributed by atoms with Gasteiger partial charge in [0.25, 0.3) is 0 Å². The van der Waals surface area contributed by atoms with Gasteiger partial charge >= 0.3 is 29.8 Å². The van der Waals surface area contributed by atoms with E-state index in [0.717, 1.165) is 30.7 Å². The highest BCUT2D eigenvalue weighted by atomic mass is 16.4. The van der Waals surface area contributed by atoms with Crippen LogP contribution in [-0.4, -0.2) is 55.4 Å². The average molecular weight is 495 g/mol. The van der Waals surface area contributed by atoms with E-state index in [-0.39, 0.29) is 31.1 Å². The molecular weight excluding hydrogens is 460 g/mol. The molecule has 0 aromatic rings. The number of hydrogen-bond acceptors (Lipinski definition) is 5. The molecule has 0 amide bonds. The van der Waals surface area contributed by atoms with E-state index in [1.165, 1.54) is 30.4 Å². The van der Waals surface area contributed by atoms with Crippen LogP contribution >= 0.6 is 0 Å². The van der Waals surface area contributed by atoms with Crippen molar-refractivity contribution in [2.45, 2.75) is 52.9 Å². The third-order valence-corrected chi connectivity index (χ3v) is 4.24. The van der Waals surface area contributed by atoms with Gasteiger partial charge in [-0.2, -0.15) is 0 Å². The van der Waals surface area contributed by atoms with E-state index in [9.17, 15) is 24.0 Å². The lowest BCUT2D eigenvalue weighted by Crippen LogP contribution is -2.18. The first-order chi connectivity index (χ1) is 16.1. The molecule has 0 saturated heterocycles. The highest BCUT2D eigenvalue weighted by Crippen LogP contribution is 2.37. The molecule has 5 N–H and O–H groups in total. The SMILES string of the molecule is CC(C)(C)CC=CC(=O)O.O=C(O)C=CCC(CC=CC(=O)O)(CC=CC(=O)O)CC=CC(=O)O. The van der Waals surface area contributed by atoms with Gasteiger partial charge in [-0.3, -0.25) is 0 Å². The van der Waals surface area contributed by atoms with Crippen molar-refractivity contribution in [3.63, 3.8) is 0 Å². The van der Waals surface area contributed by atoms with Gasteiger partial charge < -0.3 is 25.5 Å². The number of rotatable bonds is 14. The van der Waals surface area contributed by atoms with Gasteiger partial charge in [-0.1, -0.05) is 51.2 Å². The van der Waals surface area contributed by atoms with E-state index in [0.29, 0.717) is 0 Å². The highest BCUT2D eigenvalue weighted by Gasteiger charge is 2.25. The number of hydrogen-bond donors (Lipinski definition) is 5. The Kier molecular flexibility index (Phi) is 16.6. The lowest BCUT2D eigenvalue weighted by Gasteiger charge is -2.30. The molecule has 194 valence electrons. The van der Waals surface area contributed by atoms with E-state index in [1.54, 1.807) is 6.08 Å². The van der Waals surface area contributed by atoms with Crippen molar-refractivity contribution in [2.75, 3.05) is 0 Å². The lowest BCUT2D eigenvalue weighted by molar-refractivity contribution is -0.132. The molecule has 0 heterocycles. The maximum Gasteiger partial charge on any atom is 0.327 e. The predicted octanol–water partition coefficient (Wildman–Crippen LogP) is 4.16. The van der Waals surface area contributed by atoms with E-state index < -0.39 is 35.3 Å². The molecule has 0 atom stereocenters. The van der Waals surface area contributed by atoms with Crippen LogP contribution in [0.2, 0.25) is 0 Å². The summed E-state index contributed by atoms with van der Waals surface area (Å²) in [5.74, 6) is -5.49. The Labute approximate surface area is 204 Å². The molecule has 10 heteroatoms. The molecule has 0 aliphatic carbocycles. The Balaban J connectivity index is 0. The summed E-state index contributed by atoms with van der Waals surface area (Å²) in [6, 6.07) is 0. The van der Waals surface area contributed by atoms with Crippen molar-refractivity contribution < 1.29 is 49.5 Å². The quantitative estimate of drug-likeness (QED) is 0.219. The van der Waals surface area contributed by atoms with Crippen LogP contribution in [-0.2, 0) is 24.0 Å². The van der Waals surface area contributed by atoms with E-state index in [1.807, 2.05) is 0 Å². The molecule has 10 nitrogen and oxygen atoms in total. The number of allylic oxidation sites excluding steroid dienone is 5. The van der Waals surface area contributed by atoms with Crippen LogP contribution in [0.4, 0.5) is 0 Å². The summed E-state index contributed by atoms with van der Waals surface area (Å²) in [6.07, 6.45) is 13.7. The van der Waals surface area contributed by atoms with Crippen molar-refractivity contribution >= 4 is 29.8 Å². The fourth-order valence-electron chi connectivity index (χ4n) is 2.65. The first-order valence-electron chi connectivity index (χ1n) is 10.6. The van der Waals surface area contributed by atoms with Gasteiger partial charge in [0.05, 0.1) is 0 Å². The maximum absolute atomic E-state index is 10.6. The average Bonchev–Trinajstić information content (AvgIpc) is 2.66. The maximum atomic E-state index is 10.6. The van der Waals surface area contributed by atoms with Crippen LogP contribution in [0.25, 0.3) is 0 Å². The minimum atomic E-state index is -1.16.